The van der Waals surface area contributed by atoms with Gasteiger partial charge in [0.2, 0.25) is 0 Å². The Morgan fingerprint density at radius 1 is 1.12 bits per heavy atom. The summed E-state index contributed by atoms with van der Waals surface area (Å²) >= 11 is 0. The Morgan fingerprint density at radius 3 is 2.71 bits per heavy atom. The summed E-state index contributed by atoms with van der Waals surface area (Å²) in [6.45, 7) is 1.86. The van der Waals surface area contributed by atoms with Crippen molar-refractivity contribution < 1.29 is 23.0 Å². The molecule has 4 aromatic rings. The van der Waals surface area contributed by atoms with E-state index < -0.39 is 17.8 Å². The standard InChI is InChI=1S/C26H18F2N2O2.C7H12FN/c1-3-17-22(27)9-8-15-10-16(31)11-19(23(15)17)20-12-18(14-6-4-5-7-14)21-13-29-26(32-2)30-25(21)24(20)28;8-6-4-7-2-1-3-9(7)5-6/h1,6,8-13,31H,4-5,7H2,2H3;6-7H,1-5H2. The highest BCUT2D eigenvalue weighted by Gasteiger charge is 2.34. The summed E-state index contributed by atoms with van der Waals surface area (Å²) in [4.78, 5) is 10.7. The summed E-state index contributed by atoms with van der Waals surface area (Å²) < 4.78 is 48.2. The molecule has 0 bridgehead atoms. The van der Waals surface area contributed by atoms with Gasteiger partial charge in [-0.3, -0.25) is 4.90 Å². The van der Waals surface area contributed by atoms with E-state index in [1.807, 2.05) is 0 Å². The van der Waals surface area contributed by atoms with Crippen molar-refractivity contribution in [2.75, 3.05) is 20.2 Å². The predicted octanol–water partition coefficient (Wildman–Crippen LogP) is 7.18. The van der Waals surface area contributed by atoms with Crippen molar-refractivity contribution in [3.63, 3.8) is 0 Å². The molecule has 1 N–H and O–H groups in total. The Kier molecular flexibility index (Phi) is 7.31. The van der Waals surface area contributed by atoms with Crippen LogP contribution >= 0.6 is 0 Å². The van der Waals surface area contributed by atoms with Crippen LogP contribution in [0.4, 0.5) is 13.2 Å². The van der Waals surface area contributed by atoms with Gasteiger partial charge >= 0.3 is 6.01 Å². The van der Waals surface area contributed by atoms with E-state index in [1.54, 1.807) is 12.3 Å². The topological polar surface area (TPSA) is 58.5 Å². The molecule has 5 nitrogen and oxygen atoms in total. The fourth-order valence-corrected chi connectivity index (χ4v) is 6.42. The fraction of sp³-hybridized carbons (Fsp3) is 0.333. The lowest BCUT2D eigenvalue weighted by Gasteiger charge is -2.16. The quantitative estimate of drug-likeness (QED) is 0.270. The molecule has 3 aromatic carbocycles. The molecule has 41 heavy (non-hydrogen) atoms. The average molecular weight is 558 g/mol. The van der Waals surface area contributed by atoms with Gasteiger partial charge in [-0.2, -0.15) is 4.98 Å². The number of terminal acetylenes is 1. The zero-order chi connectivity index (χ0) is 28.7. The Labute approximate surface area is 236 Å². The van der Waals surface area contributed by atoms with Crippen LogP contribution in [0.5, 0.6) is 11.8 Å². The molecule has 2 unspecified atom stereocenters. The maximum absolute atomic E-state index is 15.9. The van der Waals surface area contributed by atoms with Crippen molar-refractivity contribution in [2.24, 2.45) is 0 Å². The number of rotatable bonds is 3. The molecule has 3 aliphatic rings. The Morgan fingerprint density at radius 2 is 1.98 bits per heavy atom. The number of hydrogen-bond acceptors (Lipinski definition) is 5. The molecule has 0 amide bonds. The van der Waals surface area contributed by atoms with Crippen molar-refractivity contribution in [1.82, 2.24) is 14.9 Å². The molecule has 0 saturated carbocycles. The molecule has 2 fully saturated rings. The Hall–Kier alpha value is -4.09. The van der Waals surface area contributed by atoms with Gasteiger partial charge in [0.05, 0.1) is 12.7 Å². The Balaban J connectivity index is 0.000000283. The number of methoxy groups -OCH3 is 1. The molecule has 210 valence electrons. The van der Waals surface area contributed by atoms with Gasteiger partial charge in [0.1, 0.15) is 23.3 Å². The maximum atomic E-state index is 15.9. The highest BCUT2D eigenvalue weighted by atomic mass is 19.1. The molecule has 0 radical (unpaired) electrons. The van der Waals surface area contributed by atoms with E-state index in [-0.39, 0.29) is 28.4 Å². The van der Waals surface area contributed by atoms with E-state index in [2.05, 4.69) is 26.9 Å². The number of benzene rings is 3. The third kappa shape index (κ3) is 5.00. The van der Waals surface area contributed by atoms with Crippen LogP contribution in [0.3, 0.4) is 0 Å². The maximum Gasteiger partial charge on any atom is 0.316 e. The van der Waals surface area contributed by atoms with Crippen LogP contribution in [0.25, 0.3) is 38.4 Å². The third-order valence-corrected chi connectivity index (χ3v) is 8.31. The highest BCUT2D eigenvalue weighted by molar-refractivity contribution is 6.05. The number of nitrogens with zero attached hydrogens (tertiary/aromatic N) is 3. The van der Waals surface area contributed by atoms with Gasteiger partial charge in [-0.15, -0.1) is 6.42 Å². The third-order valence-electron chi connectivity index (χ3n) is 8.31. The van der Waals surface area contributed by atoms with Crippen LogP contribution < -0.4 is 4.74 Å². The molecule has 1 aliphatic carbocycles. The van der Waals surface area contributed by atoms with E-state index in [0.717, 1.165) is 43.4 Å². The summed E-state index contributed by atoms with van der Waals surface area (Å²) in [5.41, 5.74) is 2.43. The van der Waals surface area contributed by atoms with Gasteiger partial charge in [-0.25, -0.2) is 18.2 Å². The minimum atomic E-state index is -0.623. The minimum absolute atomic E-state index is 0.0129. The summed E-state index contributed by atoms with van der Waals surface area (Å²) in [6, 6.07) is 7.99. The molecule has 0 spiro atoms. The highest BCUT2D eigenvalue weighted by Crippen LogP contribution is 2.42. The van der Waals surface area contributed by atoms with E-state index in [9.17, 15) is 13.9 Å². The number of hydrogen-bond donors (Lipinski definition) is 1. The second-order valence-corrected chi connectivity index (χ2v) is 10.8. The molecule has 8 heteroatoms. The van der Waals surface area contributed by atoms with Gasteiger partial charge in [0.25, 0.3) is 0 Å². The number of phenols is 1. The van der Waals surface area contributed by atoms with Gasteiger partial charge < -0.3 is 9.84 Å². The first-order valence-electron chi connectivity index (χ1n) is 13.9. The van der Waals surface area contributed by atoms with E-state index >= 15 is 4.39 Å². The van der Waals surface area contributed by atoms with Crippen molar-refractivity contribution in [2.45, 2.75) is 50.7 Å². The van der Waals surface area contributed by atoms with Crippen LogP contribution in [0.1, 0.15) is 49.7 Å². The summed E-state index contributed by atoms with van der Waals surface area (Å²) in [5.74, 6) is 1.09. The number of fused-ring (bicyclic) bond motifs is 3. The predicted molar refractivity (Wildman–Crippen MR) is 154 cm³/mol. The molecule has 2 aliphatic heterocycles. The van der Waals surface area contributed by atoms with Crippen LogP contribution in [0.2, 0.25) is 0 Å². The lowest BCUT2D eigenvalue weighted by Crippen LogP contribution is -2.22. The van der Waals surface area contributed by atoms with Crippen molar-refractivity contribution >= 4 is 27.2 Å². The molecule has 3 heterocycles. The average Bonchev–Trinajstić information content (AvgIpc) is 3.72. The number of aromatic nitrogens is 2. The molecule has 2 saturated heterocycles. The van der Waals surface area contributed by atoms with Crippen molar-refractivity contribution in [3.05, 3.63) is 65.4 Å². The second-order valence-electron chi connectivity index (χ2n) is 10.8. The van der Waals surface area contributed by atoms with E-state index in [1.165, 1.54) is 44.2 Å². The zero-order valence-corrected chi connectivity index (χ0v) is 22.8. The van der Waals surface area contributed by atoms with Gasteiger partial charge in [0, 0.05) is 35.1 Å². The summed E-state index contributed by atoms with van der Waals surface area (Å²) in [7, 11) is 1.41. The molecular formula is C33H30F3N3O2. The molecular weight excluding hydrogens is 527 g/mol. The minimum Gasteiger partial charge on any atom is -0.508 e. The summed E-state index contributed by atoms with van der Waals surface area (Å²) in [5, 5.41) is 11.8. The number of phenolic OH excluding ortho intramolecular Hbond substituents is 1. The lowest BCUT2D eigenvalue weighted by atomic mass is 9.90. The first-order chi connectivity index (χ1) is 19.9. The number of allylic oxidation sites excluding steroid dienone is 2. The SMILES string of the molecule is C#Cc1c(F)ccc2cc(O)cc(-c3cc(C4=CCCC4)c4cnc(OC)nc4c3F)c12.FC1CC2CCCN2C1. The van der Waals surface area contributed by atoms with Gasteiger partial charge in [-0.1, -0.05) is 18.1 Å². The fourth-order valence-electron chi connectivity index (χ4n) is 6.42. The van der Waals surface area contributed by atoms with Gasteiger partial charge in [0.15, 0.2) is 5.82 Å². The Bertz CT molecular complexity index is 1720. The van der Waals surface area contributed by atoms with Crippen LogP contribution in [0, 0.1) is 24.0 Å². The number of alkyl halides is 1. The van der Waals surface area contributed by atoms with Crippen LogP contribution in [-0.2, 0) is 0 Å². The van der Waals surface area contributed by atoms with Crippen LogP contribution in [0.15, 0.2) is 42.6 Å². The largest absolute Gasteiger partial charge is 0.508 e. The van der Waals surface area contributed by atoms with E-state index in [4.69, 9.17) is 11.2 Å². The first kappa shape index (κ1) is 27.1. The van der Waals surface area contributed by atoms with Crippen LogP contribution in [-0.4, -0.2) is 52.4 Å². The number of aromatic hydroxyl groups is 1. The first-order valence-corrected chi connectivity index (χ1v) is 13.9. The van der Waals surface area contributed by atoms with Gasteiger partial charge in [-0.05, 0) is 91.4 Å². The molecule has 7 rings (SSSR count). The molecule has 1 aromatic heterocycles. The molecule has 2 atom stereocenters. The second kappa shape index (κ2) is 11.1. The normalized spacial score (nSPS) is 20.0. The monoisotopic (exact) mass is 557 g/mol. The summed E-state index contributed by atoms with van der Waals surface area (Å²) in [6.07, 6.45) is 14.9. The van der Waals surface area contributed by atoms with Crippen molar-refractivity contribution in [3.8, 4) is 35.2 Å². The zero-order valence-electron chi connectivity index (χ0n) is 22.8. The lowest BCUT2D eigenvalue weighted by molar-refractivity contribution is 0.292. The van der Waals surface area contributed by atoms with Crippen molar-refractivity contribution in [1.29, 1.82) is 0 Å². The number of halogens is 3. The smallest absolute Gasteiger partial charge is 0.316 e. The van der Waals surface area contributed by atoms with E-state index in [0.29, 0.717) is 34.3 Å². The number of ether oxygens (including phenoxy) is 1.